The van der Waals surface area contributed by atoms with Crippen molar-refractivity contribution in [1.29, 1.82) is 0 Å². The number of rotatable bonds is 1. The molecule has 0 saturated heterocycles. The summed E-state index contributed by atoms with van der Waals surface area (Å²) in [6, 6.07) is 6.40. The molecular weight excluding hydrogens is 224 g/mol. The van der Waals surface area contributed by atoms with Crippen molar-refractivity contribution < 1.29 is 23.6 Å². The Morgan fingerprint density at radius 2 is 1.47 bits per heavy atom. The van der Waals surface area contributed by atoms with Gasteiger partial charge in [-0.1, -0.05) is 0 Å². The lowest BCUT2D eigenvalue weighted by atomic mass is 10.3. The van der Waals surface area contributed by atoms with E-state index in [4.69, 9.17) is 19.2 Å². The van der Waals surface area contributed by atoms with Crippen molar-refractivity contribution in [3.8, 4) is 0 Å². The van der Waals surface area contributed by atoms with Crippen molar-refractivity contribution >= 4 is 13.5 Å². The van der Waals surface area contributed by atoms with Crippen LogP contribution in [0.5, 0.6) is 0 Å². The third-order valence-electron chi connectivity index (χ3n) is 1.34. The molecule has 1 aromatic carbocycles. The van der Waals surface area contributed by atoms with Gasteiger partial charge in [0.1, 0.15) is 5.82 Å². The third-order valence-corrected chi connectivity index (χ3v) is 1.34. The number of anilines is 1. The summed E-state index contributed by atoms with van der Waals surface area (Å²) in [5, 5.41) is 0. The van der Waals surface area contributed by atoms with E-state index in [1.165, 1.54) is 12.1 Å². The highest BCUT2D eigenvalue weighted by atomic mass is 31.2. The van der Waals surface area contributed by atoms with E-state index in [9.17, 15) is 4.39 Å². The van der Waals surface area contributed by atoms with Crippen LogP contribution in [0.25, 0.3) is 0 Å². The van der Waals surface area contributed by atoms with E-state index in [1.807, 2.05) is 19.0 Å². The summed E-state index contributed by atoms with van der Waals surface area (Å²) < 4.78 is 21.2. The molecule has 0 bridgehead atoms. The van der Waals surface area contributed by atoms with Gasteiger partial charge < -0.3 is 19.6 Å². The number of phosphoric acid groups is 1. The highest BCUT2D eigenvalue weighted by molar-refractivity contribution is 7.45. The van der Waals surface area contributed by atoms with Gasteiger partial charge in [0.15, 0.2) is 0 Å². The minimum absolute atomic E-state index is 0.189. The van der Waals surface area contributed by atoms with Gasteiger partial charge in [-0.25, -0.2) is 8.96 Å². The average Bonchev–Trinajstić information content (AvgIpc) is 2.01. The highest BCUT2D eigenvalue weighted by Crippen LogP contribution is 2.25. The van der Waals surface area contributed by atoms with Crippen LogP contribution in [0, 0.1) is 5.82 Å². The Morgan fingerprint density at radius 3 is 1.73 bits per heavy atom. The second-order valence-corrected chi connectivity index (χ2v) is 3.91. The van der Waals surface area contributed by atoms with Gasteiger partial charge in [0.25, 0.3) is 0 Å². The number of benzene rings is 1. The van der Waals surface area contributed by atoms with Gasteiger partial charge in [0.05, 0.1) is 0 Å². The lowest BCUT2D eigenvalue weighted by Gasteiger charge is -2.10. The predicted octanol–water partition coefficient (Wildman–Crippen LogP) is 0.963. The van der Waals surface area contributed by atoms with Crippen LogP contribution in [-0.4, -0.2) is 28.8 Å². The molecule has 0 saturated carbocycles. The summed E-state index contributed by atoms with van der Waals surface area (Å²) in [4.78, 5) is 23.5. The van der Waals surface area contributed by atoms with Gasteiger partial charge in [0.2, 0.25) is 0 Å². The van der Waals surface area contributed by atoms with Crippen molar-refractivity contribution in [3.63, 3.8) is 0 Å². The molecule has 1 aromatic rings. The molecule has 0 aliphatic rings. The molecule has 0 heterocycles. The zero-order chi connectivity index (χ0) is 12.1. The molecule has 0 aromatic heterocycles. The third kappa shape index (κ3) is 9.37. The molecule has 7 heteroatoms. The first-order valence-electron chi connectivity index (χ1n) is 3.91. The summed E-state index contributed by atoms with van der Waals surface area (Å²) in [5.74, 6) is -0.189. The smallest absolute Gasteiger partial charge is 0.378 e. The molecule has 1 rings (SSSR count). The molecular formula is C8H13FNO4P. The van der Waals surface area contributed by atoms with E-state index in [-0.39, 0.29) is 5.82 Å². The molecule has 15 heavy (non-hydrogen) atoms. The first-order chi connectivity index (χ1) is 6.70. The van der Waals surface area contributed by atoms with E-state index in [0.29, 0.717) is 0 Å². The summed E-state index contributed by atoms with van der Waals surface area (Å²) in [7, 11) is -0.791. The second-order valence-electron chi connectivity index (χ2n) is 2.88. The largest absolute Gasteiger partial charge is 0.466 e. The maximum atomic E-state index is 12.3. The molecule has 0 atom stereocenters. The maximum Gasteiger partial charge on any atom is 0.466 e. The van der Waals surface area contributed by atoms with E-state index < -0.39 is 7.82 Å². The summed E-state index contributed by atoms with van der Waals surface area (Å²) >= 11 is 0. The Kier molecular flexibility index (Phi) is 5.46. The molecule has 3 N–H and O–H groups in total. The molecule has 0 radical (unpaired) electrons. The Labute approximate surface area is 87.0 Å². The summed E-state index contributed by atoms with van der Waals surface area (Å²) in [5.41, 5.74) is 1.02. The molecule has 86 valence electrons. The zero-order valence-electron chi connectivity index (χ0n) is 8.33. The van der Waals surface area contributed by atoms with Gasteiger partial charge in [-0.3, -0.25) is 0 Å². The van der Waals surface area contributed by atoms with Crippen LogP contribution in [0.4, 0.5) is 10.1 Å². The first kappa shape index (κ1) is 14.1. The van der Waals surface area contributed by atoms with Crippen molar-refractivity contribution in [2.75, 3.05) is 19.0 Å². The van der Waals surface area contributed by atoms with Crippen LogP contribution in [-0.2, 0) is 4.57 Å². The van der Waals surface area contributed by atoms with Crippen LogP contribution >= 0.6 is 7.82 Å². The normalized spacial score (nSPS) is 10.3. The fourth-order valence-corrected chi connectivity index (χ4v) is 0.739. The van der Waals surface area contributed by atoms with Crippen molar-refractivity contribution in [2.24, 2.45) is 0 Å². The molecule has 0 aliphatic carbocycles. The van der Waals surface area contributed by atoms with Gasteiger partial charge in [-0.15, -0.1) is 0 Å². The standard InChI is InChI=1S/C8H10FN.H3O4P/c1-10(2)8-5-3-7(9)4-6-8;1-5(2,3)4/h3-6H,1-2H3;(H3,1,2,3,4). The van der Waals surface area contributed by atoms with Gasteiger partial charge in [-0.2, -0.15) is 0 Å². The lowest BCUT2D eigenvalue weighted by Crippen LogP contribution is -2.07. The molecule has 0 amide bonds. The topological polar surface area (TPSA) is 81.0 Å². The Hall–Kier alpha value is -0.940. The van der Waals surface area contributed by atoms with Crippen molar-refractivity contribution in [3.05, 3.63) is 30.1 Å². The number of hydrogen-bond acceptors (Lipinski definition) is 2. The van der Waals surface area contributed by atoms with E-state index in [0.717, 1.165) is 5.69 Å². The molecule has 5 nitrogen and oxygen atoms in total. The van der Waals surface area contributed by atoms with Crippen molar-refractivity contribution in [2.45, 2.75) is 0 Å². The fourth-order valence-electron chi connectivity index (χ4n) is 0.739. The SMILES string of the molecule is CN(C)c1ccc(F)cc1.O=P(O)(O)O. The van der Waals surface area contributed by atoms with Crippen LogP contribution in [0.3, 0.4) is 0 Å². The fraction of sp³-hybridized carbons (Fsp3) is 0.250. The number of nitrogens with zero attached hydrogens (tertiary/aromatic N) is 1. The monoisotopic (exact) mass is 237 g/mol. The quantitative estimate of drug-likeness (QED) is 0.634. The van der Waals surface area contributed by atoms with Crippen molar-refractivity contribution in [1.82, 2.24) is 0 Å². The van der Waals surface area contributed by atoms with E-state index >= 15 is 0 Å². The van der Waals surface area contributed by atoms with Crippen LogP contribution < -0.4 is 4.90 Å². The van der Waals surface area contributed by atoms with Crippen LogP contribution in [0.15, 0.2) is 24.3 Å². The predicted molar refractivity (Wildman–Crippen MR) is 55.0 cm³/mol. The Morgan fingerprint density at radius 1 is 1.13 bits per heavy atom. The van der Waals surface area contributed by atoms with Crippen LogP contribution in [0.2, 0.25) is 0 Å². The summed E-state index contributed by atoms with van der Waals surface area (Å²) in [6.07, 6.45) is 0. The Bertz CT molecular complexity index is 327. The minimum Gasteiger partial charge on any atom is -0.378 e. The van der Waals surface area contributed by atoms with Crippen LogP contribution in [0.1, 0.15) is 0 Å². The molecule has 0 spiro atoms. The first-order valence-corrected chi connectivity index (χ1v) is 5.48. The molecule has 0 fully saturated rings. The Balaban J connectivity index is 0.000000336. The van der Waals surface area contributed by atoms with Gasteiger partial charge in [-0.05, 0) is 24.3 Å². The second kappa shape index (κ2) is 5.82. The molecule has 0 unspecified atom stereocenters. The lowest BCUT2D eigenvalue weighted by molar-refractivity contribution is 0.275. The summed E-state index contributed by atoms with van der Waals surface area (Å²) in [6.45, 7) is 0. The van der Waals surface area contributed by atoms with Gasteiger partial charge >= 0.3 is 7.82 Å². The minimum atomic E-state index is -4.64. The van der Waals surface area contributed by atoms with E-state index in [1.54, 1.807) is 12.1 Å². The highest BCUT2D eigenvalue weighted by Gasteiger charge is 2.00. The maximum absolute atomic E-state index is 12.3. The number of hydrogen-bond donors (Lipinski definition) is 3. The zero-order valence-corrected chi connectivity index (χ0v) is 9.23. The average molecular weight is 237 g/mol. The number of halogens is 1. The van der Waals surface area contributed by atoms with Gasteiger partial charge in [0, 0.05) is 19.8 Å². The van der Waals surface area contributed by atoms with E-state index in [2.05, 4.69) is 0 Å². The molecule has 0 aliphatic heterocycles.